The van der Waals surface area contributed by atoms with Crippen LogP contribution in [0.25, 0.3) is 0 Å². The normalized spacial score (nSPS) is 12.0. The Bertz CT molecular complexity index is 1250. The Morgan fingerprint density at radius 1 is 0.879 bits per heavy atom. The van der Waals surface area contributed by atoms with Crippen LogP contribution in [0, 0.1) is 6.92 Å². The highest BCUT2D eigenvalue weighted by Crippen LogP contribution is 2.30. The Hall–Kier alpha value is -3.65. The van der Waals surface area contributed by atoms with Crippen LogP contribution in [0.5, 0.6) is 5.75 Å². The first-order valence-electron chi connectivity index (χ1n) is 10.2. The quantitative estimate of drug-likeness (QED) is 0.363. The first-order chi connectivity index (χ1) is 15.6. The lowest BCUT2D eigenvalue weighted by atomic mass is 10.1. The number of sulfonamides is 1. The van der Waals surface area contributed by atoms with Gasteiger partial charge in [-0.2, -0.15) is 0 Å². The molecular formula is C25H25NO6S. The van der Waals surface area contributed by atoms with E-state index in [1.807, 2.05) is 19.1 Å². The highest BCUT2D eigenvalue weighted by molar-refractivity contribution is 7.92. The van der Waals surface area contributed by atoms with Crippen LogP contribution in [0.1, 0.15) is 33.2 Å². The lowest BCUT2D eigenvalue weighted by Crippen LogP contribution is -2.27. The zero-order valence-electron chi connectivity index (χ0n) is 18.8. The Kier molecular flexibility index (Phi) is 7.18. The summed E-state index contributed by atoms with van der Waals surface area (Å²) in [5.41, 5.74) is 1.98. The standard InChI is InChI=1S/C25H25NO6S/c1-17-9-11-19(12-10-17)24(27)18(2)32-25(28)20-13-15-21(16-14-20)33(29,30)26(3)22-7-5-6-8-23(22)31-4/h5-16,18H,1-4H3/t18-/m1/s1. The summed E-state index contributed by atoms with van der Waals surface area (Å²) in [7, 11) is -1.01. The van der Waals surface area contributed by atoms with Gasteiger partial charge in [-0.3, -0.25) is 9.10 Å². The summed E-state index contributed by atoms with van der Waals surface area (Å²) < 4.78 is 37.7. The number of esters is 1. The van der Waals surface area contributed by atoms with Crippen molar-refractivity contribution in [1.82, 2.24) is 0 Å². The van der Waals surface area contributed by atoms with Crippen molar-refractivity contribution in [2.45, 2.75) is 24.8 Å². The Balaban J connectivity index is 1.74. The molecule has 0 aliphatic rings. The third-order valence-corrected chi connectivity index (χ3v) is 6.95. The van der Waals surface area contributed by atoms with E-state index >= 15 is 0 Å². The van der Waals surface area contributed by atoms with Gasteiger partial charge >= 0.3 is 5.97 Å². The molecule has 8 heteroatoms. The number of hydrogen-bond donors (Lipinski definition) is 0. The van der Waals surface area contributed by atoms with Crippen molar-refractivity contribution in [3.05, 3.63) is 89.5 Å². The van der Waals surface area contributed by atoms with Gasteiger partial charge in [0.15, 0.2) is 6.10 Å². The molecule has 0 spiro atoms. The highest BCUT2D eigenvalue weighted by atomic mass is 32.2. The third kappa shape index (κ3) is 5.23. The first-order valence-corrected chi connectivity index (χ1v) is 11.6. The van der Waals surface area contributed by atoms with Crippen LogP contribution in [-0.2, 0) is 14.8 Å². The van der Waals surface area contributed by atoms with Gasteiger partial charge in [0.2, 0.25) is 5.78 Å². The Morgan fingerprint density at radius 3 is 2.06 bits per heavy atom. The number of ether oxygens (including phenoxy) is 2. The number of Topliss-reactive ketones (excluding diaryl/α,β-unsaturated/α-hetero) is 1. The van der Waals surface area contributed by atoms with Crippen molar-refractivity contribution >= 4 is 27.5 Å². The number of rotatable bonds is 8. The van der Waals surface area contributed by atoms with E-state index in [4.69, 9.17) is 9.47 Å². The second kappa shape index (κ2) is 9.87. The molecule has 0 saturated heterocycles. The number of aryl methyl sites for hydroxylation is 1. The molecule has 3 aromatic rings. The van der Waals surface area contributed by atoms with Gasteiger partial charge < -0.3 is 9.47 Å². The maximum absolute atomic E-state index is 13.0. The van der Waals surface area contributed by atoms with E-state index in [1.54, 1.807) is 36.4 Å². The van der Waals surface area contributed by atoms with E-state index in [0.717, 1.165) is 9.87 Å². The first kappa shape index (κ1) is 24.0. The monoisotopic (exact) mass is 467 g/mol. The predicted octanol–water partition coefficient (Wildman–Crippen LogP) is 4.26. The van der Waals surface area contributed by atoms with Crippen molar-refractivity contribution in [2.75, 3.05) is 18.5 Å². The molecule has 3 rings (SSSR count). The molecule has 0 radical (unpaired) electrons. The minimum Gasteiger partial charge on any atom is -0.495 e. The molecule has 0 aromatic heterocycles. The number of methoxy groups -OCH3 is 1. The van der Waals surface area contributed by atoms with E-state index in [0.29, 0.717) is 17.0 Å². The molecule has 0 aliphatic carbocycles. The van der Waals surface area contributed by atoms with Gasteiger partial charge in [-0.25, -0.2) is 13.2 Å². The van der Waals surface area contributed by atoms with Crippen molar-refractivity contribution in [3.63, 3.8) is 0 Å². The Morgan fingerprint density at radius 2 is 1.45 bits per heavy atom. The summed E-state index contributed by atoms with van der Waals surface area (Å²) in [5, 5.41) is 0. The van der Waals surface area contributed by atoms with Crippen molar-refractivity contribution < 1.29 is 27.5 Å². The van der Waals surface area contributed by atoms with Crippen LogP contribution >= 0.6 is 0 Å². The van der Waals surface area contributed by atoms with Crippen molar-refractivity contribution in [2.24, 2.45) is 0 Å². The summed E-state index contributed by atoms with van der Waals surface area (Å²) in [5.74, 6) is -0.623. The molecular weight excluding hydrogens is 442 g/mol. The van der Waals surface area contributed by atoms with E-state index in [1.165, 1.54) is 45.3 Å². The maximum Gasteiger partial charge on any atom is 0.338 e. The molecule has 0 aliphatic heterocycles. The number of para-hydroxylation sites is 2. The smallest absolute Gasteiger partial charge is 0.338 e. The fourth-order valence-electron chi connectivity index (χ4n) is 3.18. The number of hydrogen-bond acceptors (Lipinski definition) is 6. The molecule has 7 nitrogen and oxygen atoms in total. The summed E-state index contributed by atoms with van der Waals surface area (Å²) in [6, 6.07) is 19.1. The van der Waals surface area contributed by atoms with E-state index in [9.17, 15) is 18.0 Å². The summed E-state index contributed by atoms with van der Waals surface area (Å²) in [6.45, 7) is 3.41. The summed E-state index contributed by atoms with van der Waals surface area (Å²) >= 11 is 0. The molecule has 0 heterocycles. The van der Waals surface area contributed by atoms with E-state index in [-0.39, 0.29) is 16.2 Å². The number of anilines is 1. The summed E-state index contributed by atoms with van der Waals surface area (Å²) in [4.78, 5) is 25.0. The van der Waals surface area contributed by atoms with Crippen LogP contribution in [0.4, 0.5) is 5.69 Å². The van der Waals surface area contributed by atoms with Gasteiger partial charge in [0.05, 0.1) is 23.3 Å². The van der Waals surface area contributed by atoms with Crippen LogP contribution in [0.3, 0.4) is 0 Å². The topological polar surface area (TPSA) is 90.0 Å². The average molecular weight is 468 g/mol. The maximum atomic E-state index is 13.0. The van der Waals surface area contributed by atoms with Crippen LogP contribution in [0.2, 0.25) is 0 Å². The fraction of sp³-hybridized carbons (Fsp3) is 0.200. The number of benzene rings is 3. The number of ketones is 1. The lowest BCUT2D eigenvalue weighted by molar-refractivity contribution is 0.0318. The van der Waals surface area contributed by atoms with Crippen LogP contribution in [-0.4, -0.2) is 40.4 Å². The summed E-state index contributed by atoms with van der Waals surface area (Å²) in [6.07, 6.45) is -0.986. The van der Waals surface area contributed by atoms with Crippen molar-refractivity contribution in [1.29, 1.82) is 0 Å². The van der Waals surface area contributed by atoms with Gasteiger partial charge in [-0.1, -0.05) is 42.0 Å². The van der Waals surface area contributed by atoms with Gasteiger partial charge in [0, 0.05) is 12.6 Å². The van der Waals surface area contributed by atoms with Gasteiger partial charge in [0.1, 0.15) is 5.75 Å². The second-order valence-electron chi connectivity index (χ2n) is 7.45. The number of carbonyl (C=O) groups is 2. The zero-order chi connectivity index (χ0) is 24.2. The average Bonchev–Trinajstić information content (AvgIpc) is 2.83. The third-order valence-electron chi connectivity index (χ3n) is 5.16. The number of nitrogens with zero attached hydrogens (tertiary/aromatic N) is 1. The molecule has 0 unspecified atom stereocenters. The molecule has 0 saturated carbocycles. The van der Waals surface area contributed by atoms with E-state index < -0.39 is 22.1 Å². The van der Waals surface area contributed by atoms with E-state index in [2.05, 4.69) is 0 Å². The largest absolute Gasteiger partial charge is 0.495 e. The SMILES string of the molecule is COc1ccccc1N(C)S(=O)(=O)c1ccc(C(=O)O[C@H](C)C(=O)c2ccc(C)cc2)cc1. The predicted molar refractivity (Wildman–Crippen MR) is 125 cm³/mol. The minimum absolute atomic E-state index is 0.00348. The number of carbonyl (C=O) groups excluding carboxylic acids is 2. The van der Waals surface area contributed by atoms with Crippen LogP contribution < -0.4 is 9.04 Å². The molecule has 1 atom stereocenters. The van der Waals surface area contributed by atoms with Gasteiger partial charge in [0.25, 0.3) is 10.0 Å². The second-order valence-corrected chi connectivity index (χ2v) is 9.42. The lowest BCUT2D eigenvalue weighted by Gasteiger charge is -2.21. The Labute approximate surface area is 193 Å². The van der Waals surface area contributed by atoms with Gasteiger partial charge in [-0.05, 0) is 50.2 Å². The fourth-order valence-corrected chi connectivity index (χ4v) is 4.38. The molecule has 33 heavy (non-hydrogen) atoms. The zero-order valence-corrected chi connectivity index (χ0v) is 19.6. The molecule has 172 valence electrons. The molecule has 0 fully saturated rings. The molecule has 0 bridgehead atoms. The van der Waals surface area contributed by atoms with Crippen LogP contribution in [0.15, 0.2) is 77.7 Å². The minimum atomic E-state index is -3.90. The highest BCUT2D eigenvalue weighted by Gasteiger charge is 2.25. The van der Waals surface area contributed by atoms with Crippen molar-refractivity contribution in [3.8, 4) is 5.75 Å². The molecule has 3 aromatic carbocycles. The molecule has 0 N–H and O–H groups in total. The molecule has 0 amide bonds. The van der Waals surface area contributed by atoms with Gasteiger partial charge in [-0.15, -0.1) is 0 Å².